The van der Waals surface area contributed by atoms with E-state index in [1.165, 1.54) is 6.20 Å². The summed E-state index contributed by atoms with van der Waals surface area (Å²) in [6.45, 7) is 3.27. The van der Waals surface area contributed by atoms with E-state index in [1.807, 2.05) is 4.90 Å². The maximum Gasteiger partial charge on any atom is 0.329 e. The van der Waals surface area contributed by atoms with E-state index in [-0.39, 0.29) is 10.8 Å². The van der Waals surface area contributed by atoms with Crippen LogP contribution in [0.15, 0.2) is 12.3 Å². The van der Waals surface area contributed by atoms with E-state index in [2.05, 4.69) is 10.3 Å². The molecule has 1 aromatic heterocycles. The molecule has 6 nitrogen and oxygen atoms in total. The van der Waals surface area contributed by atoms with Crippen LogP contribution in [-0.4, -0.2) is 36.1 Å². The lowest BCUT2D eigenvalue weighted by atomic mass is 10.3. The average molecular weight is 257 g/mol. The molecule has 7 heteroatoms. The second kappa shape index (κ2) is 5.29. The Bertz CT molecular complexity index is 419. The smallest absolute Gasteiger partial charge is 0.329 e. The number of nitrogens with one attached hydrogen (secondary N) is 1. The Morgan fingerprint density at radius 3 is 3.06 bits per heavy atom. The van der Waals surface area contributed by atoms with Crippen molar-refractivity contribution in [3.05, 3.63) is 27.5 Å². The van der Waals surface area contributed by atoms with Crippen molar-refractivity contribution in [2.24, 2.45) is 0 Å². The van der Waals surface area contributed by atoms with Crippen molar-refractivity contribution in [2.75, 3.05) is 31.1 Å². The summed E-state index contributed by atoms with van der Waals surface area (Å²) in [4.78, 5) is 16.3. The second-order valence-electron chi connectivity index (χ2n) is 3.82. The minimum absolute atomic E-state index is 0.0512. The van der Waals surface area contributed by atoms with E-state index >= 15 is 0 Å². The zero-order valence-corrected chi connectivity index (χ0v) is 9.98. The van der Waals surface area contributed by atoms with Gasteiger partial charge < -0.3 is 10.2 Å². The first kappa shape index (κ1) is 12.1. The predicted molar refractivity (Wildman–Crippen MR) is 65.6 cm³/mol. The van der Waals surface area contributed by atoms with Gasteiger partial charge in [0.25, 0.3) is 0 Å². The van der Waals surface area contributed by atoms with Gasteiger partial charge in [-0.3, -0.25) is 10.1 Å². The zero-order chi connectivity index (χ0) is 12.3. The lowest BCUT2D eigenvalue weighted by molar-refractivity contribution is -0.384. The van der Waals surface area contributed by atoms with Crippen LogP contribution in [0.25, 0.3) is 0 Å². The highest BCUT2D eigenvalue weighted by molar-refractivity contribution is 6.32. The number of aromatic nitrogens is 1. The number of halogens is 1. The summed E-state index contributed by atoms with van der Waals surface area (Å²) < 4.78 is 0. The number of hydrogen-bond acceptors (Lipinski definition) is 5. The van der Waals surface area contributed by atoms with Gasteiger partial charge in [0.1, 0.15) is 5.69 Å². The standard InChI is InChI=1S/C10H13ClN4O2/c11-10-9(15(16)17)8(2-4-13-10)14-6-1-3-12-5-7-14/h2,4,12H,1,3,5-7H2. The van der Waals surface area contributed by atoms with E-state index in [4.69, 9.17) is 11.6 Å². The van der Waals surface area contributed by atoms with Crippen LogP contribution >= 0.6 is 11.6 Å². The Kier molecular flexibility index (Phi) is 3.75. The molecule has 1 aliphatic heterocycles. The summed E-state index contributed by atoms with van der Waals surface area (Å²) in [5, 5.41) is 14.2. The number of hydrogen-bond donors (Lipinski definition) is 1. The molecule has 0 spiro atoms. The van der Waals surface area contributed by atoms with E-state index in [0.717, 1.165) is 32.6 Å². The van der Waals surface area contributed by atoms with Crippen molar-refractivity contribution in [1.82, 2.24) is 10.3 Å². The Hall–Kier alpha value is -1.40. The topological polar surface area (TPSA) is 71.3 Å². The highest BCUT2D eigenvalue weighted by atomic mass is 35.5. The Morgan fingerprint density at radius 1 is 1.47 bits per heavy atom. The fraction of sp³-hybridized carbons (Fsp3) is 0.500. The van der Waals surface area contributed by atoms with Gasteiger partial charge in [-0.1, -0.05) is 11.6 Å². The van der Waals surface area contributed by atoms with Crippen molar-refractivity contribution in [2.45, 2.75) is 6.42 Å². The minimum atomic E-state index is -0.469. The van der Waals surface area contributed by atoms with E-state index < -0.39 is 4.92 Å². The highest BCUT2D eigenvalue weighted by Gasteiger charge is 2.24. The molecule has 0 bridgehead atoms. The molecule has 1 aliphatic rings. The third-order valence-electron chi connectivity index (χ3n) is 2.72. The van der Waals surface area contributed by atoms with E-state index in [9.17, 15) is 10.1 Å². The van der Waals surface area contributed by atoms with Crippen molar-refractivity contribution in [3.8, 4) is 0 Å². The molecule has 1 aromatic rings. The van der Waals surface area contributed by atoms with Crippen LogP contribution in [0, 0.1) is 10.1 Å². The zero-order valence-electron chi connectivity index (χ0n) is 9.23. The molecule has 1 saturated heterocycles. The molecule has 1 fully saturated rings. The van der Waals surface area contributed by atoms with E-state index in [1.54, 1.807) is 6.07 Å². The summed E-state index contributed by atoms with van der Waals surface area (Å²) in [6, 6.07) is 1.65. The Labute approximate surface area is 104 Å². The van der Waals surface area contributed by atoms with Gasteiger partial charge in [0, 0.05) is 25.8 Å². The van der Waals surface area contributed by atoms with Gasteiger partial charge >= 0.3 is 5.69 Å². The SMILES string of the molecule is O=[N+]([O-])c1c(N2CCCNCC2)ccnc1Cl. The van der Waals surface area contributed by atoms with Crippen LogP contribution in [-0.2, 0) is 0 Å². The first-order valence-corrected chi connectivity index (χ1v) is 5.82. The van der Waals surface area contributed by atoms with E-state index in [0.29, 0.717) is 5.69 Å². The third-order valence-corrected chi connectivity index (χ3v) is 3.00. The number of pyridine rings is 1. The molecular formula is C10H13ClN4O2. The molecule has 0 amide bonds. The van der Waals surface area contributed by atoms with Gasteiger partial charge in [-0.25, -0.2) is 4.98 Å². The molecule has 2 heterocycles. The third kappa shape index (κ3) is 2.65. The van der Waals surface area contributed by atoms with Gasteiger partial charge in [-0.05, 0) is 19.0 Å². The highest BCUT2D eigenvalue weighted by Crippen LogP contribution is 2.33. The number of nitrogens with zero attached hydrogens (tertiary/aromatic N) is 3. The fourth-order valence-electron chi connectivity index (χ4n) is 1.93. The maximum atomic E-state index is 11.0. The summed E-state index contributed by atoms with van der Waals surface area (Å²) in [7, 11) is 0. The lowest BCUT2D eigenvalue weighted by Crippen LogP contribution is -2.28. The van der Waals surface area contributed by atoms with Gasteiger partial charge in [-0.2, -0.15) is 0 Å². The van der Waals surface area contributed by atoms with Crippen LogP contribution in [0.5, 0.6) is 0 Å². The van der Waals surface area contributed by atoms with Gasteiger partial charge in [0.2, 0.25) is 5.15 Å². The van der Waals surface area contributed by atoms with Crippen LogP contribution in [0.1, 0.15) is 6.42 Å². The Morgan fingerprint density at radius 2 is 2.29 bits per heavy atom. The molecule has 92 valence electrons. The van der Waals surface area contributed by atoms with Crippen molar-refractivity contribution in [1.29, 1.82) is 0 Å². The average Bonchev–Trinajstić information content (AvgIpc) is 2.56. The summed E-state index contributed by atoms with van der Waals surface area (Å²) in [6.07, 6.45) is 2.46. The molecule has 17 heavy (non-hydrogen) atoms. The largest absolute Gasteiger partial charge is 0.365 e. The van der Waals surface area contributed by atoms with Gasteiger partial charge in [-0.15, -0.1) is 0 Å². The summed E-state index contributed by atoms with van der Waals surface area (Å²) in [5.74, 6) is 0. The van der Waals surface area contributed by atoms with Gasteiger partial charge in [0.15, 0.2) is 0 Å². The predicted octanol–water partition coefficient (Wildman–Crippen LogP) is 1.44. The van der Waals surface area contributed by atoms with Crippen molar-refractivity contribution >= 4 is 23.0 Å². The normalized spacial score (nSPS) is 16.6. The summed E-state index contributed by atoms with van der Waals surface area (Å²) in [5.41, 5.74) is 0.453. The van der Waals surface area contributed by atoms with Crippen LogP contribution < -0.4 is 10.2 Å². The van der Waals surface area contributed by atoms with Crippen LogP contribution in [0.2, 0.25) is 5.15 Å². The molecule has 0 aliphatic carbocycles. The second-order valence-corrected chi connectivity index (χ2v) is 4.18. The molecular weight excluding hydrogens is 244 g/mol. The molecule has 0 aromatic carbocycles. The first-order chi connectivity index (χ1) is 8.20. The molecule has 2 rings (SSSR count). The van der Waals surface area contributed by atoms with Crippen molar-refractivity contribution in [3.63, 3.8) is 0 Å². The molecule has 0 atom stereocenters. The number of nitro groups is 1. The molecule has 0 saturated carbocycles. The fourth-order valence-corrected chi connectivity index (χ4v) is 2.15. The Balaban J connectivity index is 2.36. The monoisotopic (exact) mass is 256 g/mol. The quantitative estimate of drug-likeness (QED) is 0.493. The van der Waals surface area contributed by atoms with Crippen LogP contribution in [0.4, 0.5) is 11.4 Å². The molecule has 0 unspecified atom stereocenters. The summed E-state index contributed by atoms with van der Waals surface area (Å²) >= 11 is 5.79. The number of anilines is 1. The first-order valence-electron chi connectivity index (χ1n) is 5.44. The molecule has 1 N–H and O–H groups in total. The van der Waals surface area contributed by atoms with Crippen LogP contribution in [0.3, 0.4) is 0 Å². The maximum absolute atomic E-state index is 11.0. The lowest BCUT2D eigenvalue weighted by Gasteiger charge is -2.21. The van der Waals surface area contributed by atoms with Gasteiger partial charge in [0.05, 0.1) is 4.92 Å². The number of rotatable bonds is 2. The van der Waals surface area contributed by atoms with Crippen molar-refractivity contribution < 1.29 is 4.92 Å². The molecule has 0 radical (unpaired) electrons. The minimum Gasteiger partial charge on any atom is -0.365 e.